The number of rotatable bonds is 3. The van der Waals surface area contributed by atoms with Crippen LogP contribution < -0.4 is 9.47 Å². The lowest BCUT2D eigenvalue weighted by Gasteiger charge is -2.08. The molecule has 0 N–H and O–H groups in total. The number of para-hydroxylation sites is 1. The van der Waals surface area contributed by atoms with Crippen molar-refractivity contribution in [2.45, 2.75) is 0 Å². The molecule has 22 heavy (non-hydrogen) atoms. The molecule has 0 aliphatic carbocycles. The van der Waals surface area contributed by atoms with Gasteiger partial charge in [0.05, 0.1) is 18.0 Å². The molecule has 7 nitrogen and oxygen atoms in total. The van der Waals surface area contributed by atoms with Crippen molar-refractivity contribution in [3.63, 3.8) is 0 Å². The Bertz CT molecular complexity index is 949. The maximum Gasteiger partial charge on any atom is 0.277 e. The number of ether oxygens (including phenoxy) is 2. The van der Waals surface area contributed by atoms with Crippen LogP contribution in [0.5, 0.6) is 17.4 Å². The minimum atomic E-state index is 0.391. The topological polar surface area (TPSA) is 74.4 Å². The first kappa shape index (κ1) is 12.5. The third kappa shape index (κ3) is 1.99. The minimum Gasteiger partial charge on any atom is -0.497 e. The van der Waals surface area contributed by atoms with E-state index in [-0.39, 0.29) is 0 Å². The van der Waals surface area contributed by atoms with Gasteiger partial charge in [-0.15, -0.1) is 0 Å². The lowest BCUT2D eigenvalue weighted by atomic mass is 10.2. The Labute approximate surface area is 125 Å². The number of fused-ring (bicyclic) bond motifs is 3. The van der Waals surface area contributed by atoms with Gasteiger partial charge in [-0.2, -0.15) is 9.50 Å². The highest BCUT2D eigenvalue weighted by Crippen LogP contribution is 2.29. The van der Waals surface area contributed by atoms with Crippen LogP contribution in [0.25, 0.3) is 16.7 Å². The van der Waals surface area contributed by atoms with Gasteiger partial charge in [-0.3, -0.25) is 0 Å². The highest BCUT2D eigenvalue weighted by molar-refractivity contribution is 5.85. The number of tetrazole rings is 1. The average molecular weight is 293 g/mol. The number of benzene rings is 2. The van der Waals surface area contributed by atoms with Crippen LogP contribution in [0.15, 0.2) is 48.5 Å². The normalized spacial score (nSPS) is 11.0. The van der Waals surface area contributed by atoms with Crippen LogP contribution in [0.2, 0.25) is 0 Å². The van der Waals surface area contributed by atoms with Crippen LogP contribution in [0.3, 0.4) is 0 Å². The standard InChI is InChI=1S/C15H11N5O2/c1-21-10-6-8-11(9-7-10)22-14-12-4-2-3-5-13(12)20-15(16-14)17-18-19-20/h2-9H,1H3. The van der Waals surface area contributed by atoms with E-state index in [9.17, 15) is 0 Å². The van der Waals surface area contributed by atoms with Gasteiger partial charge in [-0.05, 0) is 46.8 Å². The molecule has 7 heteroatoms. The number of methoxy groups -OCH3 is 1. The van der Waals surface area contributed by atoms with Crippen LogP contribution in [0.4, 0.5) is 0 Å². The molecule has 0 saturated heterocycles. The lowest BCUT2D eigenvalue weighted by molar-refractivity contribution is 0.412. The van der Waals surface area contributed by atoms with Gasteiger partial charge in [-0.1, -0.05) is 17.2 Å². The largest absolute Gasteiger partial charge is 0.497 e. The zero-order valence-corrected chi connectivity index (χ0v) is 11.7. The van der Waals surface area contributed by atoms with E-state index in [2.05, 4.69) is 20.5 Å². The molecule has 108 valence electrons. The van der Waals surface area contributed by atoms with Crippen LogP contribution >= 0.6 is 0 Å². The van der Waals surface area contributed by atoms with E-state index >= 15 is 0 Å². The van der Waals surface area contributed by atoms with Crippen LogP contribution in [-0.4, -0.2) is 32.1 Å². The van der Waals surface area contributed by atoms with Gasteiger partial charge in [-0.25, -0.2) is 0 Å². The third-order valence-electron chi connectivity index (χ3n) is 3.29. The second-order valence-corrected chi connectivity index (χ2v) is 4.60. The Kier molecular flexibility index (Phi) is 2.82. The molecule has 2 aromatic carbocycles. The monoisotopic (exact) mass is 293 g/mol. The molecule has 0 aliphatic heterocycles. The molecule has 0 spiro atoms. The summed E-state index contributed by atoms with van der Waals surface area (Å²) in [6, 6.07) is 15.0. The fourth-order valence-corrected chi connectivity index (χ4v) is 2.23. The van der Waals surface area contributed by atoms with Gasteiger partial charge in [0.2, 0.25) is 5.88 Å². The zero-order chi connectivity index (χ0) is 14.9. The molecule has 2 heterocycles. The fraction of sp³-hybridized carbons (Fsp3) is 0.0667. The first-order valence-electron chi connectivity index (χ1n) is 6.64. The lowest BCUT2D eigenvalue weighted by Crippen LogP contribution is -1.97. The van der Waals surface area contributed by atoms with Crippen LogP contribution in [0.1, 0.15) is 0 Å². The van der Waals surface area contributed by atoms with Crippen molar-refractivity contribution in [3.8, 4) is 17.4 Å². The minimum absolute atomic E-state index is 0.391. The Balaban J connectivity index is 1.84. The first-order chi connectivity index (χ1) is 10.8. The SMILES string of the molecule is COc1ccc(Oc2nc3nnnn3c3ccccc23)cc1. The Morgan fingerprint density at radius 2 is 1.73 bits per heavy atom. The van der Waals surface area contributed by atoms with Crippen molar-refractivity contribution in [1.82, 2.24) is 25.0 Å². The summed E-state index contributed by atoms with van der Waals surface area (Å²) in [4.78, 5) is 4.37. The highest BCUT2D eigenvalue weighted by Gasteiger charge is 2.12. The van der Waals surface area contributed by atoms with E-state index in [1.807, 2.05) is 48.5 Å². The molecule has 0 fully saturated rings. The maximum absolute atomic E-state index is 5.89. The smallest absolute Gasteiger partial charge is 0.277 e. The molecule has 0 bridgehead atoms. The summed E-state index contributed by atoms with van der Waals surface area (Å²) in [5, 5.41) is 12.3. The Morgan fingerprint density at radius 3 is 2.55 bits per heavy atom. The molecule has 4 rings (SSSR count). The highest BCUT2D eigenvalue weighted by atomic mass is 16.5. The van der Waals surface area contributed by atoms with Gasteiger partial charge < -0.3 is 9.47 Å². The summed E-state index contributed by atoms with van der Waals surface area (Å²) in [5.41, 5.74) is 0.834. The summed E-state index contributed by atoms with van der Waals surface area (Å²) in [5.74, 6) is 2.28. The number of nitrogens with zero attached hydrogens (tertiary/aromatic N) is 5. The fourth-order valence-electron chi connectivity index (χ4n) is 2.23. The number of hydrogen-bond acceptors (Lipinski definition) is 6. The quantitative estimate of drug-likeness (QED) is 0.577. The summed E-state index contributed by atoms with van der Waals surface area (Å²) >= 11 is 0. The van der Waals surface area contributed by atoms with E-state index in [0.717, 1.165) is 16.7 Å². The van der Waals surface area contributed by atoms with Crippen molar-refractivity contribution in [3.05, 3.63) is 48.5 Å². The van der Waals surface area contributed by atoms with Crippen molar-refractivity contribution >= 4 is 16.7 Å². The van der Waals surface area contributed by atoms with E-state index in [0.29, 0.717) is 17.4 Å². The van der Waals surface area contributed by atoms with Crippen molar-refractivity contribution in [1.29, 1.82) is 0 Å². The van der Waals surface area contributed by atoms with Crippen molar-refractivity contribution in [2.75, 3.05) is 7.11 Å². The molecule has 0 radical (unpaired) electrons. The predicted molar refractivity (Wildman–Crippen MR) is 79.2 cm³/mol. The zero-order valence-electron chi connectivity index (χ0n) is 11.7. The molecule has 0 aliphatic rings. The number of aromatic nitrogens is 5. The summed E-state index contributed by atoms with van der Waals surface area (Å²) in [6.45, 7) is 0. The van der Waals surface area contributed by atoms with E-state index in [4.69, 9.17) is 9.47 Å². The van der Waals surface area contributed by atoms with Gasteiger partial charge in [0, 0.05) is 0 Å². The number of hydrogen-bond donors (Lipinski definition) is 0. The van der Waals surface area contributed by atoms with Gasteiger partial charge in [0.25, 0.3) is 5.78 Å². The summed E-state index contributed by atoms with van der Waals surface area (Å²) in [7, 11) is 1.62. The first-order valence-corrected chi connectivity index (χ1v) is 6.64. The van der Waals surface area contributed by atoms with Gasteiger partial charge >= 0.3 is 0 Å². The Hall–Kier alpha value is -3.22. The van der Waals surface area contributed by atoms with E-state index in [1.54, 1.807) is 11.6 Å². The van der Waals surface area contributed by atoms with E-state index in [1.165, 1.54) is 0 Å². The molecular formula is C15H11N5O2. The molecule has 0 unspecified atom stereocenters. The second-order valence-electron chi connectivity index (χ2n) is 4.60. The molecule has 0 atom stereocenters. The van der Waals surface area contributed by atoms with Crippen molar-refractivity contribution in [2.24, 2.45) is 0 Å². The molecular weight excluding hydrogens is 282 g/mol. The van der Waals surface area contributed by atoms with Crippen LogP contribution in [-0.2, 0) is 0 Å². The third-order valence-corrected chi connectivity index (χ3v) is 3.29. The van der Waals surface area contributed by atoms with E-state index < -0.39 is 0 Å². The average Bonchev–Trinajstić information content (AvgIpc) is 3.04. The summed E-state index contributed by atoms with van der Waals surface area (Å²) in [6.07, 6.45) is 0. The predicted octanol–water partition coefficient (Wildman–Crippen LogP) is 2.47. The molecule has 0 saturated carbocycles. The van der Waals surface area contributed by atoms with Crippen LogP contribution in [0, 0.1) is 0 Å². The van der Waals surface area contributed by atoms with Gasteiger partial charge in [0.1, 0.15) is 11.5 Å². The Morgan fingerprint density at radius 1 is 0.955 bits per heavy atom. The van der Waals surface area contributed by atoms with Gasteiger partial charge in [0.15, 0.2) is 0 Å². The molecule has 0 amide bonds. The molecule has 2 aromatic heterocycles. The summed E-state index contributed by atoms with van der Waals surface area (Å²) < 4.78 is 12.6. The maximum atomic E-state index is 5.89. The second kappa shape index (κ2) is 4.96. The van der Waals surface area contributed by atoms with Crippen molar-refractivity contribution < 1.29 is 9.47 Å². The molecule has 4 aromatic rings.